The van der Waals surface area contributed by atoms with Gasteiger partial charge in [-0.25, -0.2) is 9.37 Å². The van der Waals surface area contributed by atoms with Crippen LogP contribution in [0.1, 0.15) is 5.56 Å². The maximum absolute atomic E-state index is 13.7. The molecule has 0 aliphatic heterocycles. The van der Waals surface area contributed by atoms with Crippen LogP contribution in [0.15, 0.2) is 70.6 Å². The van der Waals surface area contributed by atoms with E-state index in [1.54, 1.807) is 30.3 Å². The lowest BCUT2D eigenvalue weighted by atomic mass is 10.2. The quantitative estimate of drug-likeness (QED) is 0.292. The Morgan fingerprint density at radius 1 is 1.15 bits per heavy atom. The number of nitriles is 1. The summed E-state index contributed by atoms with van der Waals surface area (Å²) in [4.78, 5) is 30.3. The number of anilines is 1. The minimum atomic E-state index is -0.620. The minimum Gasteiger partial charge on any atom is -0.324 e. The molecule has 0 atom stereocenters. The van der Waals surface area contributed by atoms with Crippen LogP contribution in [-0.2, 0) is 4.79 Å². The average molecular weight is 499 g/mol. The zero-order chi connectivity index (χ0) is 23.5. The number of nitrogens with zero attached hydrogens (tertiary/aromatic N) is 3. The largest absolute Gasteiger partial charge is 0.324 e. The molecule has 4 aromatic rings. The number of halogens is 3. The van der Waals surface area contributed by atoms with Crippen LogP contribution in [0.5, 0.6) is 0 Å². The lowest BCUT2D eigenvalue weighted by molar-refractivity contribution is -0.113. The molecule has 1 amide bonds. The van der Waals surface area contributed by atoms with Gasteiger partial charge in [-0.05, 0) is 48.5 Å². The van der Waals surface area contributed by atoms with E-state index in [1.165, 1.54) is 28.8 Å². The fourth-order valence-corrected chi connectivity index (χ4v) is 4.25. The molecule has 0 spiro atoms. The third-order valence-corrected chi connectivity index (χ3v) is 6.08. The van der Waals surface area contributed by atoms with Crippen molar-refractivity contribution in [1.82, 2.24) is 9.55 Å². The fraction of sp³-hybridized carbons (Fsp3) is 0.0435. The van der Waals surface area contributed by atoms with Crippen LogP contribution in [-0.4, -0.2) is 21.2 Å². The normalized spacial score (nSPS) is 10.7. The third-order valence-electron chi connectivity index (χ3n) is 4.61. The number of fused-ring (bicyclic) bond motifs is 1. The summed E-state index contributed by atoms with van der Waals surface area (Å²) in [5.41, 5.74) is 0.933. The fourth-order valence-electron chi connectivity index (χ4n) is 3.09. The maximum Gasteiger partial charge on any atom is 0.266 e. The van der Waals surface area contributed by atoms with Crippen LogP contribution in [0.25, 0.3) is 16.6 Å². The van der Waals surface area contributed by atoms with Gasteiger partial charge in [0.15, 0.2) is 5.16 Å². The van der Waals surface area contributed by atoms with E-state index in [4.69, 9.17) is 23.2 Å². The van der Waals surface area contributed by atoms with Gasteiger partial charge < -0.3 is 5.32 Å². The van der Waals surface area contributed by atoms with Gasteiger partial charge >= 0.3 is 0 Å². The molecule has 0 saturated carbocycles. The molecule has 10 heteroatoms. The van der Waals surface area contributed by atoms with Crippen molar-refractivity contribution in [3.63, 3.8) is 0 Å². The first-order chi connectivity index (χ1) is 15.9. The van der Waals surface area contributed by atoms with Crippen LogP contribution in [0.3, 0.4) is 0 Å². The summed E-state index contributed by atoms with van der Waals surface area (Å²) in [7, 11) is 0. The standard InChI is InChI=1S/C23H13Cl2FN4O2S/c24-14-6-5-13(11-27)20(9-14)28-21(31)12-33-23-29-19-4-2-1-3-16(19)22(32)30(23)15-7-8-18(26)17(25)10-15/h1-10H,12H2,(H,28,31). The van der Waals surface area contributed by atoms with Gasteiger partial charge in [0.1, 0.15) is 11.9 Å². The SMILES string of the molecule is N#Cc1ccc(Cl)cc1NC(=O)CSc1nc2ccccc2c(=O)n1-c1ccc(F)c(Cl)c1. The molecule has 0 fully saturated rings. The molecule has 0 radical (unpaired) electrons. The molecule has 3 aromatic carbocycles. The zero-order valence-electron chi connectivity index (χ0n) is 16.7. The Morgan fingerprint density at radius 2 is 1.94 bits per heavy atom. The van der Waals surface area contributed by atoms with Gasteiger partial charge in [-0.2, -0.15) is 5.26 Å². The van der Waals surface area contributed by atoms with Gasteiger partial charge in [-0.3, -0.25) is 14.2 Å². The number of carbonyl (C=O) groups excluding carboxylic acids is 1. The molecule has 164 valence electrons. The molecule has 1 aromatic heterocycles. The average Bonchev–Trinajstić information content (AvgIpc) is 2.80. The number of benzene rings is 3. The van der Waals surface area contributed by atoms with Gasteiger partial charge in [0.25, 0.3) is 5.56 Å². The first-order valence-corrected chi connectivity index (χ1v) is 11.2. The molecular formula is C23H13Cl2FN4O2S. The highest BCUT2D eigenvalue weighted by Crippen LogP contribution is 2.25. The first-order valence-electron chi connectivity index (χ1n) is 9.47. The molecule has 1 N–H and O–H groups in total. The van der Waals surface area contributed by atoms with Crippen molar-refractivity contribution in [2.45, 2.75) is 5.16 Å². The van der Waals surface area contributed by atoms with Gasteiger partial charge in [-0.1, -0.05) is 47.1 Å². The summed E-state index contributed by atoms with van der Waals surface area (Å²) in [5.74, 6) is -1.16. The summed E-state index contributed by atoms with van der Waals surface area (Å²) < 4.78 is 15.0. The molecular weight excluding hydrogens is 486 g/mol. The van der Waals surface area contributed by atoms with Crippen LogP contribution in [0.2, 0.25) is 10.0 Å². The van der Waals surface area contributed by atoms with Gasteiger partial charge in [0.2, 0.25) is 5.91 Å². The first kappa shape index (κ1) is 22.8. The highest BCUT2D eigenvalue weighted by atomic mass is 35.5. The number of hydrogen-bond acceptors (Lipinski definition) is 5. The summed E-state index contributed by atoms with van der Waals surface area (Å²) in [6.45, 7) is 0. The van der Waals surface area contributed by atoms with Crippen LogP contribution in [0, 0.1) is 17.1 Å². The second kappa shape index (κ2) is 9.63. The van der Waals surface area contributed by atoms with E-state index in [0.717, 1.165) is 17.8 Å². The number of thioether (sulfide) groups is 1. The van der Waals surface area contributed by atoms with Crippen molar-refractivity contribution in [2.24, 2.45) is 0 Å². The number of amides is 1. The molecule has 0 bridgehead atoms. The van der Waals surface area contributed by atoms with E-state index in [9.17, 15) is 19.2 Å². The van der Waals surface area contributed by atoms with E-state index >= 15 is 0 Å². The third kappa shape index (κ3) is 4.86. The van der Waals surface area contributed by atoms with Gasteiger partial charge in [0, 0.05) is 5.02 Å². The number of aromatic nitrogens is 2. The lowest BCUT2D eigenvalue weighted by Crippen LogP contribution is -2.23. The monoisotopic (exact) mass is 498 g/mol. The van der Waals surface area contributed by atoms with Crippen molar-refractivity contribution >= 4 is 57.5 Å². The lowest BCUT2D eigenvalue weighted by Gasteiger charge is -2.14. The molecule has 4 rings (SSSR count). The molecule has 0 saturated heterocycles. The number of hydrogen-bond donors (Lipinski definition) is 1. The van der Waals surface area contributed by atoms with Crippen LogP contribution >= 0.6 is 35.0 Å². The molecule has 0 aliphatic rings. The Bertz CT molecular complexity index is 1500. The summed E-state index contributed by atoms with van der Waals surface area (Å²) in [6.07, 6.45) is 0. The van der Waals surface area contributed by atoms with E-state index in [-0.39, 0.29) is 32.7 Å². The zero-order valence-corrected chi connectivity index (χ0v) is 19.0. The second-order valence-electron chi connectivity index (χ2n) is 6.79. The molecule has 6 nitrogen and oxygen atoms in total. The highest BCUT2D eigenvalue weighted by Gasteiger charge is 2.16. The number of nitrogens with one attached hydrogen (secondary N) is 1. The Labute approximate surface area is 201 Å². The van der Waals surface area contributed by atoms with E-state index in [2.05, 4.69) is 10.3 Å². The van der Waals surface area contributed by atoms with Gasteiger partial charge in [0.05, 0.1) is 38.6 Å². The summed E-state index contributed by atoms with van der Waals surface area (Å²) in [5, 5.41) is 12.7. The highest BCUT2D eigenvalue weighted by molar-refractivity contribution is 7.99. The summed E-state index contributed by atoms with van der Waals surface area (Å²) in [6, 6.07) is 17.2. The van der Waals surface area contributed by atoms with Crippen molar-refractivity contribution < 1.29 is 9.18 Å². The van der Waals surface area contributed by atoms with Crippen molar-refractivity contribution in [2.75, 3.05) is 11.1 Å². The van der Waals surface area contributed by atoms with Crippen molar-refractivity contribution in [1.29, 1.82) is 5.26 Å². The maximum atomic E-state index is 13.7. The Kier molecular flexibility index (Phi) is 6.65. The predicted octanol–water partition coefficient (Wildman–Crippen LogP) is 5.43. The molecule has 33 heavy (non-hydrogen) atoms. The van der Waals surface area contributed by atoms with Gasteiger partial charge in [-0.15, -0.1) is 0 Å². The Hall–Kier alpha value is -3.38. The topological polar surface area (TPSA) is 87.8 Å². The Morgan fingerprint density at radius 3 is 2.70 bits per heavy atom. The predicted molar refractivity (Wildman–Crippen MR) is 128 cm³/mol. The van der Waals surface area contributed by atoms with Crippen molar-refractivity contribution in [3.8, 4) is 11.8 Å². The Balaban J connectivity index is 1.69. The summed E-state index contributed by atoms with van der Waals surface area (Å²) >= 11 is 12.9. The van der Waals surface area contributed by atoms with Crippen molar-refractivity contribution in [3.05, 3.63) is 92.4 Å². The van der Waals surface area contributed by atoms with E-state index in [1.807, 2.05) is 6.07 Å². The van der Waals surface area contributed by atoms with E-state index < -0.39 is 11.7 Å². The number of rotatable bonds is 5. The molecule has 1 heterocycles. The second-order valence-corrected chi connectivity index (χ2v) is 8.58. The van der Waals surface area contributed by atoms with Crippen LogP contribution < -0.4 is 10.9 Å². The molecule has 0 aliphatic carbocycles. The molecule has 0 unspecified atom stereocenters. The van der Waals surface area contributed by atoms with Crippen LogP contribution in [0.4, 0.5) is 10.1 Å². The number of carbonyl (C=O) groups is 1. The smallest absolute Gasteiger partial charge is 0.266 e. The number of para-hydroxylation sites is 1. The van der Waals surface area contributed by atoms with E-state index in [0.29, 0.717) is 21.6 Å². The minimum absolute atomic E-state index is 0.114.